The third-order valence-corrected chi connectivity index (χ3v) is 6.03. The summed E-state index contributed by atoms with van der Waals surface area (Å²) in [5.41, 5.74) is 1.82. The number of ether oxygens (including phenoxy) is 1. The van der Waals surface area contributed by atoms with E-state index in [1.807, 2.05) is 18.2 Å². The van der Waals surface area contributed by atoms with Crippen LogP contribution in [0.2, 0.25) is 0 Å². The number of thiazole rings is 2. The van der Waals surface area contributed by atoms with E-state index >= 15 is 0 Å². The Hall–Kier alpha value is -1.99. The van der Waals surface area contributed by atoms with Crippen LogP contribution in [0.3, 0.4) is 0 Å². The monoisotopic (exact) mass is 359 g/mol. The molecule has 2 heterocycles. The normalized spacial score (nSPS) is 16.2. The van der Waals surface area contributed by atoms with Gasteiger partial charge in [-0.25, -0.2) is 9.97 Å². The molecule has 4 rings (SSSR count). The first-order valence-corrected chi connectivity index (χ1v) is 9.31. The van der Waals surface area contributed by atoms with E-state index < -0.39 is 0 Å². The van der Waals surface area contributed by atoms with E-state index in [-0.39, 0.29) is 11.2 Å². The molecular weight excluding hydrogens is 342 g/mol. The second kappa shape index (κ2) is 5.53. The van der Waals surface area contributed by atoms with Crippen molar-refractivity contribution < 1.29 is 9.53 Å². The first-order chi connectivity index (χ1) is 11.4. The Bertz CT molecular complexity index is 943. The molecule has 0 atom stereocenters. The zero-order valence-electron chi connectivity index (χ0n) is 13.7. The smallest absolute Gasteiger partial charge is 0.190 e. The standard InChI is InChI=1S/C17H17N3O2S2/c1-17(2)7-11-14(12(21)8-17)24-16(19-11)20-15-18-10-5-4-9(22-3)6-13(10)23-15/h4-6H,7-8H2,1-3H3,(H,18,19,20). The number of carbonyl (C=O) groups excluding carboxylic acids is 1. The first-order valence-electron chi connectivity index (χ1n) is 7.68. The van der Waals surface area contributed by atoms with Gasteiger partial charge in [0.1, 0.15) is 5.75 Å². The molecule has 0 spiro atoms. The SMILES string of the molecule is COc1ccc2nc(Nc3nc4c(s3)C(=O)CC(C)(C)C4)sc2c1. The van der Waals surface area contributed by atoms with Gasteiger partial charge in [-0.2, -0.15) is 0 Å². The molecule has 3 aromatic rings. The molecule has 0 fully saturated rings. The fourth-order valence-corrected chi connectivity index (χ4v) is 4.83. The summed E-state index contributed by atoms with van der Waals surface area (Å²) in [6.45, 7) is 4.22. The summed E-state index contributed by atoms with van der Waals surface area (Å²) >= 11 is 2.97. The molecule has 0 amide bonds. The van der Waals surface area contributed by atoms with Gasteiger partial charge in [0.05, 0.1) is 27.9 Å². The van der Waals surface area contributed by atoms with Crippen molar-refractivity contribution in [3.05, 3.63) is 28.8 Å². The quantitative estimate of drug-likeness (QED) is 0.737. The van der Waals surface area contributed by atoms with Gasteiger partial charge in [-0.15, -0.1) is 0 Å². The van der Waals surface area contributed by atoms with Crippen LogP contribution in [0.25, 0.3) is 10.2 Å². The minimum atomic E-state index is -0.0121. The third-order valence-electron chi connectivity index (χ3n) is 4.05. The molecule has 1 aromatic carbocycles. The molecule has 124 valence electrons. The molecule has 0 aliphatic heterocycles. The van der Waals surface area contributed by atoms with E-state index in [9.17, 15) is 4.79 Å². The zero-order chi connectivity index (χ0) is 16.9. The van der Waals surface area contributed by atoms with Crippen LogP contribution in [0, 0.1) is 5.41 Å². The van der Waals surface area contributed by atoms with Crippen LogP contribution < -0.4 is 10.1 Å². The Morgan fingerprint density at radius 3 is 2.75 bits per heavy atom. The highest BCUT2D eigenvalue weighted by Crippen LogP contribution is 2.39. The van der Waals surface area contributed by atoms with Crippen LogP contribution in [0.1, 0.15) is 35.6 Å². The van der Waals surface area contributed by atoms with Crippen molar-refractivity contribution >= 4 is 48.9 Å². The number of anilines is 2. The maximum atomic E-state index is 12.3. The first kappa shape index (κ1) is 15.5. The van der Waals surface area contributed by atoms with E-state index in [1.54, 1.807) is 18.4 Å². The lowest BCUT2D eigenvalue weighted by atomic mass is 9.78. The van der Waals surface area contributed by atoms with Gasteiger partial charge in [-0.05, 0) is 30.0 Å². The molecule has 0 bridgehead atoms. The van der Waals surface area contributed by atoms with Crippen molar-refractivity contribution in [1.82, 2.24) is 9.97 Å². The number of aromatic nitrogens is 2. The predicted octanol–water partition coefficient (Wildman–Crippen LogP) is 4.66. The lowest BCUT2D eigenvalue weighted by Gasteiger charge is -2.26. The maximum Gasteiger partial charge on any atom is 0.190 e. The summed E-state index contributed by atoms with van der Waals surface area (Å²) in [7, 11) is 1.65. The van der Waals surface area contributed by atoms with Crippen molar-refractivity contribution in [3.8, 4) is 5.75 Å². The molecule has 1 aliphatic carbocycles. The van der Waals surface area contributed by atoms with Crippen molar-refractivity contribution in [2.24, 2.45) is 5.41 Å². The summed E-state index contributed by atoms with van der Waals surface area (Å²) in [6.07, 6.45) is 1.42. The van der Waals surface area contributed by atoms with E-state index in [0.717, 1.165) is 43.2 Å². The Morgan fingerprint density at radius 1 is 1.17 bits per heavy atom. The van der Waals surface area contributed by atoms with Gasteiger partial charge in [-0.1, -0.05) is 36.5 Å². The number of nitrogens with zero attached hydrogens (tertiary/aromatic N) is 2. The van der Waals surface area contributed by atoms with Crippen LogP contribution in [-0.2, 0) is 6.42 Å². The summed E-state index contributed by atoms with van der Waals surface area (Å²) in [5.74, 6) is 1.01. The highest BCUT2D eigenvalue weighted by Gasteiger charge is 2.33. The number of ketones is 1. The van der Waals surface area contributed by atoms with Crippen molar-refractivity contribution in [3.63, 3.8) is 0 Å². The number of Topliss-reactive ketones (excluding diaryl/α,β-unsaturated/α-hetero) is 1. The van der Waals surface area contributed by atoms with Gasteiger partial charge >= 0.3 is 0 Å². The second-order valence-electron chi connectivity index (χ2n) is 6.71. The highest BCUT2D eigenvalue weighted by molar-refractivity contribution is 7.23. The molecule has 7 heteroatoms. The van der Waals surface area contributed by atoms with Crippen LogP contribution in [0.15, 0.2) is 18.2 Å². The Labute approximate surface area is 147 Å². The summed E-state index contributed by atoms with van der Waals surface area (Å²) in [5, 5.41) is 4.77. The van der Waals surface area contributed by atoms with Gasteiger partial charge < -0.3 is 10.1 Å². The van der Waals surface area contributed by atoms with Crippen molar-refractivity contribution in [2.75, 3.05) is 12.4 Å². The lowest BCUT2D eigenvalue weighted by molar-refractivity contribution is 0.0916. The van der Waals surface area contributed by atoms with E-state index in [4.69, 9.17) is 4.74 Å². The van der Waals surface area contributed by atoms with E-state index in [1.165, 1.54) is 11.3 Å². The Morgan fingerprint density at radius 2 is 1.96 bits per heavy atom. The van der Waals surface area contributed by atoms with Crippen molar-refractivity contribution in [1.29, 1.82) is 0 Å². The zero-order valence-corrected chi connectivity index (χ0v) is 15.3. The number of nitrogens with one attached hydrogen (secondary N) is 1. The lowest BCUT2D eigenvalue weighted by Crippen LogP contribution is -2.25. The predicted molar refractivity (Wildman–Crippen MR) is 98.0 cm³/mol. The molecular formula is C17H17N3O2S2. The van der Waals surface area contributed by atoms with Crippen LogP contribution in [0.5, 0.6) is 5.75 Å². The summed E-state index contributed by atoms with van der Waals surface area (Å²) in [6, 6.07) is 5.81. The minimum Gasteiger partial charge on any atom is -0.497 e. The molecule has 0 unspecified atom stereocenters. The molecule has 24 heavy (non-hydrogen) atoms. The van der Waals surface area contributed by atoms with Crippen molar-refractivity contribution in [2.45, 2.75) is 26.7 Å². The number of fused-ring (bicyclic) bond motifs is 2. The number of benzene rings is 1. The number of rotatable bonds is 3. The Balaban J connectivity index is 1.63. The van der Waals surface area contributed by atoms with Crippen LogP contribution >= 0.6 is 22.7 Å². The fraction of sp³-hybridized carbons (Fsp3) is 0.353. The molecule has 1 aliphatic rings. The molecule has 2 aromatic heterocycles. The second-order valence-corrected chi connectivity index (χ2v) is 8.74. The van der Waals surface area contributed by atoms with Gasteiger partial charge in [0.25, 0.3) is 0 Å². The molecule has 0 radical (unpaired) electrons. The largest absolute Gasteiger partial charge is 0.497 e. The topological polar surface area (TPSA) is 64.1 Å². The molecule has 0 saturated heterocycles. The minimum absolute atomic E-state index is 0.0121. The number of hydrogen-bond acceptors (Lipinski definition) is 7. The van der Waals surface area contributed by atoms with Gasteiger partial charge in [0.2, 0.25) is 0 Å². The van der Waals surface area contributed by atoms with Gasteiger partial charge in [-0.3, -0.25) is 4.79 Å². The van der Waals surface area contributed by atoms with Gasteiger partial charge in [0, 0.05) is 6.42 Å². The number of carbonyl (C=O) groups is 1. The van der Waals surface area contributed by atoms with E-state index in [0.29, 0.717) is 6.42 Å². The maximum absolute atomic E-state index is 12.3. The Kier molecular flexibility index (Phi) is 3.58. The molecule has 1 N–H and O–H groups in total. The fourth-order valence-electron chi connectivity index (χ4n) is 2.95. The molecule has 0 saturated carbocycles. The van der Waals surface area contributed by atoms with Crippen LogP contribution in [-0.4, -0.2) is 22.9 Å². The molecule has 5 nitrogen and oxygen atoms in total. The number of methoxy groups -OCH3 is 1. The van der Waals surface area contributed by atoms with E-state index in [2.05, 4.69) is 29.1 Å². The highest BCUT2D eigenvalue weighted by atomic mass is 32.1. The number of hydrogen-bond donors (Lipinski definition) is 1. The van der Waals surface area contributed by atoms with Gasteiger partial charge in [0.15, 0.2) is 16.0 Å². The average Bonchev–Trinajstić information content (AvgIpc) is 3.08. The summed E-state index contributed by atoms with van der Waals surface area (Å²) in [4.78, 5) is 22.3. The average molecular weight is 359 g/mol. The van der Waals surface area contributed by atoms with Crippen LogP contribution in [0.4, 0.5) is 10.3 Å². The summed E-state index contributed by atoms with van der Waals surface area (Å²) < 4.78 is 6.30. The third kappa shape index (κ3) is 2.78.